The molecule has 2 rings (SSSR count). The lowest BCUT2D eigenvalue weighted by molar-refractivity contribution is 0.480. The summed E-state index contributed by atoms with van der Waals surface area (Å²) in [5.41, 5.74) is 1.14. The summed E-state index contributed by atoms with van der Waals surface area (Å²) in [7, 11) is 0. The molecule has 1 unspecified atom stereocenters. The van der Waals surface area contributed by atoms with Crippen LogP contribution in [0.2, 0.25) is 0 Å². The molecule has 0 aliphatic heterocycles. The lowest BCUT2D eigenvalue weighted by Crippen LogP contribution is -1.88. The molecular formula is C14H12BrFO. The molecule has 3 heteroatoms. The fourth-order valence-electron chi connectivity index (χ4n) is 1.46. The van der Waals surface area contributed by atoms with E-state index in [1.807, 2.05) is 24.3 Å². The van der Waals surface area contributed by atoms with Crippen molar-refractivity contribution < 1.29 is 9.13 Å². The number of ether oxygens (including phenoxy) is 1. The molecule has 2 aromatic carbocycles. The van der Waals surface area contributed by atoms with Crippen molar-refractivity contribution in [3.63, 3.8) is 0 Å². The highest BCUT2D eigenvalue weighted by Crippen LogP contribution is 2.27. The van der Waals surface area contributed by atoms with Crippen LogP contribution in [0.4, 0.5) is 4.39 Å². The Balaban J connectivity index is 2.18. The molecule has 0 saturated carbocycles. The van der Waals surface area contributed by atoms with Gasteiger partial charge in [0.05, 0.1) is 0 Å². The van der Waals surface area contributed by atoms with Crippen LogP contribution in [0.1, 0.15) is 17.3 Å². The van der Waals surface area contributed by atoms with E-state index < -0.39 is 0 Å². The van der Waals surface area contributed by atoms with E-state index in [0.29, 0.717) is 5.75 Å². The van der Waals surface area contributed by atoms with Crippen LogP contribution in [0.5, 0.6) is 11.5 Å². The first-order chi connectivity index (χ1) is 8.15. The minimum Gasteiger partial charge on any atom is -0.457 e. The molecule has 17 heavy (non-hydrogen) atoms. The van der Waals surface area contributed by atoms with Gasteiger partial charge in [0, 0.05) is 4.83 Å². The highest BCUT2D eigenvalue weighted by molar-refractivity contribution is 9.09. The monoisotopic (exact) mass is 294 g/mol. The molecule has 0 aliphatic carbocycles. The predicted molar refractivity (Wildman–Crippen MR) is 70.3 cm³/mol. The quantitative estimate of drug-likeness (QED) is 0.718. The zero-order valence-electron chi connectivity index (χ0n) is 9.36. The molecule has 0 fully saturated rings. The van der Waals surface area contributed by atoms with Crippen molar-refractivity contribution in [3.8, 4) is 11.5 Å². The molecule has 1 atom stereocenters. The Hall–Kier alpha value is -1.35. The van der Waals surface area contributed by atoms with Crippen molar-refractivity contribution in [2.45, 2.75) is 11.8 Å². The third kappa shape index (κ3) is 3.30. The Morgan fingerprint density at radius 3 is 2.41 bits per heavy atom. The maximum Gasteiger partial charge on any atom is 0.127 e. The normalized spacial score (nSPS) is 12.2. The van der Waals surface area contributed by atoms with Crippen LogP contribution in [0.3, 0.4) is 0 Å². The number of hydrogen-bond acceptors (Lipinski definition) is 1. The fourth-order valence-corrected chi connectivity index (χ4v) is 1.75. The van der Waals surface area contributed by atoms with Crippen molar-refractivity contribution in [2.24, 2.45) is 0 Å². The number of hydrogen-bond donors (Lipinski definition) is 0. The summed E-state index contributed by atoms with van der Waals surface area (Å²) in [6, 6.07) is 13.8. The summed E-state index contributed by atoms with van der Waals surface area (Å²) < 4.78 is 18.4. The van der Waals surface area contributed by atoms with Crippen LogP contribution in [0.15, 0.2) is 48.5 Å². The van der Waals surface area contributed by atoms with Crippen molar-refractivity contribution in [1.82, 2.24) is 0 Å². The standard InChI is InChI=1S/C14H12BrFO/c1-10(15)11-3-2-4-14(9-11)17-13-7-5-12(16)6-8-13/h2-10H,1H3. The molecule has 0 N–H and O–H groups in total. The van der Waals surface area contributed by atoms with Crippen LogP contribution in [-0.4, -0.2) is 0 Å². The van der Waals surface area contributed by atoms with Crippen molar-refractivity contribution in [2.75, 3.05) is 0 Å². The van der Waals surface area contributed by atoms with E-state index in [4.69, 9.17) is 4.74 Å². The molecular weight excluding hydrogens is 283 g/mol. The van der Waals surface area contributed by atoms with Crippen LogP contribution in [0.25, 0.3) is 0 Å². The zero-order chi connectivity index (χ0) is 12.3. The second-order valence-electron chi connectivity index (χ2n) is 3.74. The molecule has 0 saturated heterocycles. The van der Waals surface area contributed by atoms with Gasteiger partial charge in [0.15, 0.2) is 0 Å². The summed E-state index contributed by atoms with van der Waals surface area (Å²) in [5, 5.41) is 0. The molecule has 0 spiro atoms. The van der Waals surface area contributed by atoms with Gasteiger partial charge < -0.3 is 4.74 Å². The first kappa shape index (κ1) is 12.1. The van der Waals surface area contributed by atoms with Crippen LogP contribution in [0, 0.1) is 5.82 Å². The van der Waals surface area contributed by atoms with Gasteiger partial charge in [-0.1, -0.05) is 28.1 Å². The Labute approximate surface area is 108 Å². The van der Waals surface area contributed by atoms with Crippen molar-refractivity contribution in [1.29, 1.82) is 0 Å². The predicted octanol–water partition coefficient (Wildman–Crippen LogP) is 5.07. The summed E-state index contributed by atoms with van der Waals surface area (Å²) in [6.45, 7) is 2.05. The van der Waals surface area contributed by atoms with E-state index in [9.17, 15) is 4.39 Å². The van der Waals surface area contributed by atoms with Gasteiger partial charge in [-0.2, -0.15) is 0 Å². The first-order valence-corrected chi connectivity index (χ1v) is 6.24. The molecule has 0 radical (unpaired) electrons. The average Bonchev–Trinajstić information content (AvgIpc) is 2.32. The summed E-state index contributed by atoms with van der Waals surface area (Å²) >= 11 is 3.51. The summed E-state index contributed by atoms with van der Waals surface area (Å²) in [4.78, 5) is 0.277. The Morgan fingerprint density at radius 1 is 1.06 bits per heavy atom. The number of benzene rings is 2. The molecule has 88 valence electrons. The maximum absolute atomic E-state index is 12.7. The summed E-state index contributed by atoms with van der Waals surface area (Å²) in [5.74, 6) is 1.12. The minimum atomic E-state index is -0.264. The molecule has 0 bridgehead atoms. The van der Waals surface area contributed by atoms with Gasteiger partial charge in [-0.15, -0.1) is 0 Å². The fraction of sp³-hybridized carbons (Fsp3) is 0.143. The topological polar surface area (TPSA) is 9.23 Å². The molecule has 0 aromatic heterocycles. The van der Waals surface area contributed by atoms with Crippen molar-refractivity contribution >= 4 is 15.9 Å². The number of alkyl halides is 1. The Kier molecular flexibility index (Phi) is 3.79. The second-order valence-corrected chi connectivity index (χ2v) is 5.12. The second kappa shape index (κ2) is 5.32. The van der Waals surface area contributed by atoms with Gasteiger partial charge in [-0.3, -0.25) is 0 Å². The van der Waals surface area contributed by atoms with E-state index in [1.165, 1.54) is 12.1 Å². The van der Waals surface area contributed by atoms with Crippen molar-refractivity contribution in [3.05, 3.63) is 59.9 Å². The van der Waals surface area contributed by atoms with E-state index in [2.05, 4.69) is 22.9 Å². The Morgan fingerprint density at radius 2 is 1.76 bits per heavy atom. The van der Waals surface area contributed by atoms with E-state index in [1.54, 1.807) is 12.1 Å². The molecule has 2 aromatic rings. The van der Waals surface area contributed by atoms with Crippen LogP contribution >= 0.6 is 15.9 Å². The Bertz CT molecular complexity index is 494. The smallest absolute Gasteiger partial charge is 0.127 e. The molecule has 0 heterocycles. The average molecular weight is 295 g/mol. The first-order valence-electron chi connectivity index (χ1n) is 5.32. The maximum atomic E-state index is 12.7. The van der Waals surface area contributed by atoms with E-state index in [-0.39, 0.29) is 10.6 Å². The number of rotatable bonds is 3. The van der Waals surface area contributed by atoms with Gasteiger partial charge in [0.1, 0.15) is 17.3 Å². The van der Waals surface area contributed by atoms with Crippen LogP contribution in [-0.2, 0) is 0 Å². The van der Waals surface area contributed by atoms with Gasteiger partial charge in [-0.25, -0.2) is 4.39 Å². The lowest BCUT2D eigenvalue weighted by atomic mass is 10.2. The molecule has 0 aliphatic rings. The largest absolute Gasteiger partial charge is 0.457 e. The van der Waals surface area contributed by atoms with Crippen LogP contribution < -0.4 is 4.74 Å². The van der Waals surface area contributed by atoms with Gasteiger partial charge in [0.25, 0.3) is 0 Å². The minimum absolute atomic E-state index is 0.264. The molecule has 1 nitrogen and oxygen atoms in total. The SMILES string of the molecule is CC(Br)c1cccc(Oc2ccc(F)cc2)c1. The molecule has 0 amide bonds. The summed E-state index contributed by atoms with van der Waals surface area (Å²) in [6.07, 6.45) is 0. The third-order valence-corrected chi connectivity index (χ3v) is 2.90. The number of halogens is 2. The van der Waals surface area contributed by atoms with E-state index >= 15 is 0 Å². The van der Waals surface area contributed by atoms with E-state index in [0.717, 1.165) is 11.3 Å². The highest BCUT2D eigenvalue weighted by atomic mass is 79.9. The van der Waals surface area contributed by atoms with Gasteiger partial charge in [0.2, 0.25) is 0 Å². The third-order valence-electron chi connectivity index (χ3n) is 2.37. The van der Waals surface area contributed by atoms with Gasteiger partial charge >= 0.3 is 0 Å². The lowest BCUT2D eigenvalue weighted by Gasteiger charge is -2.08. The zero-order valence-corrected chi connectivity index (χ0v) is 10.9. The highest BCUT2D eigenvalue weighted by Gasteiger charge is 2.03. The van der Waals surface area contributed by atoms with Gasteiger partial charge in [-0.05, 0) is 48.9 Å².